The zero-order valence-electron chi connectivity index (χ0n) is 22.7. The van der Waals surface area contributed by atoms with Gasteiger partial charge in [-0.3, -0.25) is 0 Å². The van der Waals surface area contributed by atoms with Gasteiger partial charge in [0, 0.05) is 31.7 Å². The quantitative estimate of drug-likeness (QED) is 0.407. The number of halogens is 1. The fraction of sp³-hybridized carbons (Fsp3) is 0.333. The summed E-state index contributed by atoms with van der Waals surface area (Å²) in [5.41, 5.74) is 4.14. The molecule has 2 aliphatic rings. The highest BCUT2D eigenvalue weighted by molar-refractivity contribution is 5.74. The third-order valence-electron chi connectivity index (χ3n) is 6.84. The number of ether oxygens (including phenoxy) is 1. The van der Waals surface area contributed by atoms with Crippen molar-refractivity contribution >= 4 is 23.3 Å². The summed E-state index contributed by atoms with van der Waals surface area (Å²) in [7, 11) is 0. The Labute approximate surface area is 231 Å². The maximum atomic E-state index is 15.1. The average Bonchev–Trinajstić information content (AvgIpc) is 3.42. The van der Waals surface area contributed by atoms with Gasteiger partial charge in [-0.2, -0.15) is 0 Å². The predicted molar refractivity (Wildman–Crippen MR) is 148 cm³/mol. The molecule has 10 heteroatoms. The maximum Gasteiger partial charge on any atom is 0.410 e. The van der Waals surface area contributed by atoms with E-state index < -0.39 is 17.5 Å². The molecule has 9 nitrogen and oxygen atoms in total. The molecule has 0 saturated heterocycles. The van der Waals surface area contributed by atoms with E-state index >= 15 is 4.39 Å². The molecule has 0 unspecified atom stereocenters. The van der Waals surface area contributed by atoms with E-state index in [1.165, 1.54) is 11.0 Å². The minimum Gasteiger partial charge on any atom is -0.465 e. The summed E-state index contributed by atoms with van der Waals surface area (Å²) in [6, 6.07) is 12.5. The van der Waals surface area contributed by atoms with Crippen LogP contribution in [0.25, 0.3) is 34.1 Å². The van der Waals surface area contributed by atoms with Crippen LogP contribution in [0.1, 0.15) is 44.7 Å². The van der Waals surface area contributed by atoms with Crippen molar-refractivity contribution in [2.24, 2.45) is 0 Å². The van der Waals surface area contributed by atoms with Crippen molar-refractivity contribution in [1.82, 2.24) is 20.0 Å². The fourth-order valence-electron chi connectivity index (χ4n) is 4.69. The van der Waals surface area contributed by atoms with E-state index in [4.69, 9.17) is 14.3 Å². The minimum atomic E-state index is -0.915. The topological polar surface area (TPSA) is 109 Å². The average molecular weight is 547 g/mol. The molecule has 1 N–H and O–H groups in total. The van der Waals surface area contributed by atoms with Crippen molar-refractivity contribution in [2.45, 2.75) is 39.2 Å². The van der Waals surface area contributed by atoms with Crippen LogP contribution >= 0.6 is 0 Å². The van der Waals surface area contributed by atoms with Gasteiger partial charge in [0.1, 0.15) is 11.4 Å². The third kappa shape index (κ3) is 6.06. The molecule has 0 aliphatic carbocycles. The normalized spacial score (nSPS) is 15.9. The van der Waals surface area contributed by atoms with E-state index in [2.05, 4.69) is 10.2 Å². The van der Waals surface area contributed by atoms with Gasteiger partial charge < -0.3 is 24.1 Å². The lowest BCUT2D eigenvalue weighted by atomic mass is 9.98. The highest BCUT2D eigenvalue weighted by atomic mass is 19.1. The Morgan fingerprint density at radius 1 is 0.875 bits per heavy atom. The molecule has 2 aromatic carbocycles. The number of carbonyl (C=O) groups excluding carboxylic acids is 1. The first-order chi connectivity index (χ1) is 19.1. The van der Waals surface area contributed by atoms with Crippen molar-refractivity contribution in [3.8, 4) is 22.9 Å². The molecule has 3 aromatic rings. The molecule has 1 aromatic heterocycles. The maximum absolute atomic E-state index is 15.1. The second kappa shape index (κ2) is 11.0. The number of hydrogen-bond donors (Lipinski definition) is 1. The number of amides is 2. The second-order valence-corrected chi connectivity index (χ2v) is 10.8. The van der Waals surface area contributed by atoms with Crippen LogP contribution in [0.5, 0.6) is 0 Å². The molecule has 0 bridgehead atoms. The van der Waals surface area contributed by atoms with Crippen LogP contribution in [0, 0.1) is 5.82 Å². The van der Waals surface area contributed by atoms with Crippen molar-refractivity contribution in [3.63, 3.8) is 0 Å². The number of carboxylic acid groups (broad SMARTS) is 1. The lowest BCUT2D eigenvalue weighted by Crippen LogP contribution is -2.39. The van der Waals surface area contributed by atoms with Crippen molar-refractivity contribution in [3.05, 3.63) is 71.6 Å². The molecule has 0 spiro atoms. The molecule has 0 radical (unpaired) electrons. The van der Waals surface area contributed by atoms with Gasteiger partial charge in [-0.05, 0) is 80.2 Å². The molecular weight excluding hydrogens is 515 g/mol. The summed E-state index contributed by atoms with van der Waals surface area (Å²) in [6.45, 7) is 7.21. The first-order valence-electron chi connectivity index (χ1n) is 13.2. The molecular formula is C30H31FN4O5. The van der Waals surface area contributed by atoms with Crippen LogP contribution in [0.15, 0.2) is 59.0 Å². The van der Waals surface area contributed by atoms with Gasteiger partial charge in [0.15, 0.2) is 0 Å². The number of rotatable bonds is 4. The highest BCUT2D eigenvalue weighted by Gasteiger charge is 2.24. The smallest absolute Gasteiger partial charge is 0.410 e. The first-order valence-corrected chi connectivity index (χ1v) is 13.2. The Balaban J connectivity index is 1.25. The molecule has 3 heterocycles. The van der Waals surface area contributed by atoms with E-state index in [1.54, 1.807) is 11.0 Å². The Morgan fingerprint density at radius 3 is 2.02 bits per heavy atom. The summed E-state index contributed by atoms with van der Waals surface area (Å²) in [4.78, 5) is 26.4. The van der Waals surface area contributed by atoms with E-state index in [9.17, 15) is 9.59 Å². The molecule has 0 atom stereocenters. The SMILES string of the molecule is CC(C)(C)OC(=O)N1CC=C(c2ccc(-c3nnc(-c4ccc(C5=CCN(C(=O)O)CC5)cc4)o3)c(F)c2)CC1. The minimum absolute atomic E-state index is 0.0839. The number of carbonyl (C=O) groups is 2. The van der Waals surface area contributed by atoms with E-state index in [0.717, 1.165) is 22.3 Å². The summed E-state index contributed by atoms with van der Waals surface area (Å²) >= 11 is 0. The number of aromatic nitrogens is 2. The first kappa shape index (κ1) is 27.1. The van der Waals surface area contributed by atoms with Crippen LogP contribution in [0.4, 0.5) is 14.0 Å². The number of hydrogen-bond acceptors (Lipinski definition) is 6. The molecule has 5 rings (SSSR count). The molecule has 40 heavy (non-hydrogen) atoms. The third-order valence-corrected chi connectivity index (χ3v) is 6.84. The van der Waals surface area contributed by atoms with E-state index in [0.29, 0.717) is 44.6 Å². The number of nitrogens with zero attached hydrogens (tertiary/aromatic N) is 4. The Kier molecular flexibility index (Phi) is 7.42. The summed E-state index contributed by atoms with van der Waals surface area (Å²) in [5, 5.41) is 17.3. The van der Waals surface area contributed by atoms with Crippen molar-refractivity contribution in [2.75, 3.05) is 26.2 Å². The van der Waals surface area contributed by atoms with Crippen LogP contribution in [0.3, 0.4) is 0 Å². The Morgan fingerprint density at radius 2 is 1.45 bits per heavy atom. The second-order valence-electron chi connectivity index (χ2n) is 10.8. The lowest BCUT2D eigenvalue weighted by molar-refractivity contribution is 0.0270. The lowest BCUT2D eigenvalue weighted by Gasteiger charge is -2.29. The summed E-state index contributed by atoms with van der Waals surface area (Å²) in [5.74, 6) is -0.115. The Hall–Kier alpha value is -4.47. The molecule has 208 valence electrons. The number of benzene rings is 2. The van der Waals surface area contributed by atoms with Crippen molar-refractivity contribution < 1.29 is 28.2 Å². The molecule has 0 saturated carbocycles. The monoisotopic (exact) mass is 546 g/mol. The van der Waals surface area contributed by atoms with Gasteiger partial charge in [0.05, 0.1) is 5.56 Å². The fourth-order valence-corrected chi connectivity index (χ4v) is 4.69. The molecule has 2 amide bonds. The van der Waals surface area contributed by atoms with Gasteiger partial charge in [-0.25, -0.2) is 14.0 Å². The predicted octanol–water partition coefficient (Wildman–Crippen LogP) is 6.33. The standard InChI is InChI=1S/C30H31FN4O5/c1-30(2,3)40-29(38)35-16-12-21(13-17-35)23-8-9-24(25(31)18-23)27-33-32-26(39-27)22-6-4-19(5-7-22)20-10-14-34(15-11-20)28(36)37/h4-10,12,18H,11,13-17H2,1-3H3,(H,36,37). The Bertz CT molecular complexity index is 1490. The van der Waals surface area contributed by atoms with Crippen LogP contribution < -0.4 is 0 Å². The van der Waals surface area contributed by atoms with Gasteiger partial charge in [0.25, 0.3) is 5.89 Å². The molecule has 0 fully saturated rings. The van der Waals surface area contributed by atoms with E-state index in [-0.39, 0.29) is 23.4 Å². The van der Waals surface area contributed by atoms with Crippen LogP contribution in [0.2, 0.25) is 0 Å². The van der Waals surface area contributed by atoms with Crippen LogP contribution in [-0.4, -0.2) is 69.1 Å². The zero-order chi connectivity index (χ0) is 28.4. The van der Waals surface area contributed by atoms with Gasteiger partial charge >= 0.3 is 12.2 Å². The highest BCUT2D eigenvalue weighted by Crippen LogP contribution is 2.31. The molecule has 2 aliphatic heterocycles. The van der Waals surface area contributed by atoms with Crippen molar-refractivity contribution in [1.29, 1.82) is 0 Å². The zero-order valence-corrected chi connectivity index (χ0v) is 22.7. The van der Waals surface area contributed by atoms with Crippen LogP contribution in [-0.2, 0) is 4.74 Å². The largest absolute Gasteiger partial charge is 0.465 e. The van der Waals surface area contributed by atoms with Gasteiger partial charge in [-0.15, -0.1) is 10.2 Å². The summed E-state index contributed by atoms with van der Waals surface area (Å²) in [6.07, 6.45) is 3.80. The van der Waals surface area contributed by atoms with Gasteiger partial charge in [-0.1, -0.05) is 30.4 Å². The summed E-state index contributed by atoms with van der Waals surface area (Å²) < 4.78 is 26.4. The van der Waals surface area contributed by atoms with Gasteiger partial charge in [0.2, 0.25) is 5.89 Å². The van der Waals surface area contributed by atoms with E-state index in [1.807, 2.05) is 63.3 Å².